The van der Waals surface area contributed by atoms with Gasteiger partial charge in [0.15, 0.2) is 5.11 Å². The van der Waals surface area contributed by atoms with Crippen molar-refractivity contribution in [3.8, 4) is 5.75 Å². The summed E-state index contributed by atoms with van der Waals surface area (Å²) in [4.78, 5) is 0. The average molecular weight is 307 g/mol. The van der Waals surface area contributed by atoms with Crippen molar-refractivity contribution in [2.24, 2.45) is 5.10 Å². The Morgan fingerprint density at radius 2 is 2.24 bits per heavy atom. The molecule has 1 aromatic heterocycles. The van der Waals surface area contributed by atoms with Crippen LogP contribution >= 0.6 is 12.2 Å². The van der Waals surface area contributed by atoms with E-state index in [0.29, 0.717) is 22.9 Å². The molecule has 0 fully saturated rings. The molecular weight excluding hydrogens is 293 g/mol. The molecule has 0 bridgehead atoms. The summed E-state index contributed by atoms with van der Waals surface area (Å²) < 4.78 is 18.3. The number of rotatable bonds is 4. The van der Waals surface area contributed by atoms with Gasteiger partial charge in [-0.1, -0.05) is 0 Å². The average Bonchev–Trinajstić information content (AvgIpc) is 2.98. The van der Waals surface area contributed by atoms with Crippen LogP contribution in [-0.2, 0) is 6.54 Å². The van der Waals surface area contributed by atoms with Gasteiger partial charge in [-0.2, -0.15) is 5.10 Å². The second kappa shape index (κ2) is 6.85. The van der Waals surface area contributed by atoms with Crippen LogP contribution in [0.4, 0.5) is 4.39 Å². The second-order valence-corrected chi connectivity index (χ2v) is 4.64. The number of phenols is 1. The molecule has 2 aromatic rings. The highest BCUT2D eigenvalue weighted by atomic mass is 32.1. The minimum Gasteiger partial charge on any atom is -0.507 e. The Labute approximate surface area is 126 Å². The van der Waals surface area contributed by atoms with Crippen LogP contribution in [-0.4, -0.2) is 15.9 Å². The molecule has 0 spiro atoms. The molecule has 0 radical (unpaired) electrons. The lowest BCUT2D eigenvalue weighted by molar-refractivity contribution is 0.471. The third-order valence-corrected chi connectivity index (χ3v) is 2.91. The first-order chi connectivity index (χ1) is 10.1. The molecule has 0 unspecified atom stereocenters. The van der Waals surface area contributed by atoms with E-state index in [1.807, 2.05) is 6.07 Å². The Kier molecular flexibility index (Phi) is 4.89. The van der Waals surface area contributed by atoms with Gasteiger partial charge in [-0.3, -0.25) is 5.43 Å². The Morgan fingerprint density at radius 3 is 2.95 bits per heavy atom. The van der Waals surface area contributed by atoms with Crippen LogP contribution in [0, 0.1) is 5.82 Å². The van der Waals surface area contributed by atoms with Crippen LogP contribution in [0.25, 0.3) is 0 Å². The normalized spacial score (nSPS) is 11.2. The van der Waals surface area contributed by atoms with E-state index in [-0.39, 0.29) is 5.75 Å². The third kappa shape index (κ3) is 4.28. The molecule has 7 heteroatoms. The van der Waals surface area contributed by atoms with Crippen LogP contribution < -0.4 is 10.7 Å². The van der Waals surface area contributed by atoms with Crippen LogP contribution in [0.15, 0.2) is 46.1 Å². The van der Waals surface area contributed by atoms with Crippen LogP contribution in [0.2, 0.25) is 0 Å². The first-order valence-electron chi connectivity index (χ1n) is 6.15. The van der Waals surface area contributed by atoms with Gasteiger partial charge in [0.2, 0.25) is 0 Å². The highest BCUT2D eigenvalue weighted by Crippen LogP contribution is 2.18. The lowest BCUT2D eigenvalue weighted by Crippen LogP contribution is -2.32. The fourth-order valence-electron chi connectivity index (χ4n) is 1.61. The summed E-state index contributed by atoms with van der Waals surface area (Å²) >= 11 is 5.05. The van der Waals surface area contributed by atoms with Gasteiger partial charge in [0.1, 0.15) is 17.3 Å². The number of hydrogen-bond acceptors (Lipinski definition) is 4. The largest absolute Gasteiger partial charge is 0.507 e. The SMILES string of the molecule is C/C(=N\NC(=S)NCc1ccco1)c1cc(F)ccc1O. The molecule has 21 heavy (non-hydrogen) atoms. The number of hydrogen-bond donors (Lipinski definition) is 3. The highest BCUT2D eigenvalue weighted by Gasteiger charge is 2.06. The smallest absolute Gasteiger partial charge is 0.187 e. The van der Waals surface area contributed by atoms with Crippen molar-refractivity contribution in [2.75, 3.05) is 0 Å². The monoisotopic (exact) mass is 307 g/mol. The molecule has 0 aliphatic carbocycles. The van der Waals surface area contributed by atoms with Gasteiger partial charge < -0.3 is 14.8 Å². The molecule has 0 atom stereocenters. The van der Waals surface area contributed by atoms with Crippen molar-refractivity contribution in [2.45, 2.75) is 13.5 Å². The van der Waals surface area contributed by atoms with Gasteiger partial charge in [0.05, 0.1) is 18.5 Å². The Balaban J connectivity index is 1.93. The standard InChI is InChI=1S/C14H14FN3O2S/c1-9(12-7-10(15)4-5-13(12)19)17-18-14(21)16-8-11-3-2-6-20-11/h2-7,19H,8H2,1H3,(H2,16,18,21)/b17-9+. The molecule has 0 aliphatic rings. The minimum absolute atomic E-state index is 0.0473. The van der Waals surface area contributed by atoms with E-state index in [2.05, 4.69) is 15.8 Å². The number of aromatic hydroxyl groups is 1. The molecule has 0 aliphatic heterocycles. The maximum Gasteiger partial charge on any atom is 0.187 e. The summed E-state index contributed by atoms with van der Waals surface area (Å²) in [5, 5.41) is 16.9. The van der Waals surface area contributed by atoms with E-state index in [9.17, 15) is 9.50 Å². The predicted octanol–water partition coefficient (Wildman–Crippen LogP) is 2.51. The Bertz CT molecular complexity index is 656. The van der Waals surface area contributed by atoms with Gasteiger partial charge in [-0.15, -0.1) is 0 Å². The van der Waals surface area contributed by atoms with Crippen LogP contribution in [0.1, 0.15) is 18.2 Å². The summed E-state index contributed by atoms with van der Waals surface area (Å²) in [5.74, 6) is 0.243. The zero-order valence-electron chi connectivity index (χ0n) is 11.3. The first-order valence-corrected chi connectivity index (χ1v) is 6.56. The van der Waals surface area contributed by atoms with Crippen molar-refractivity contribution in [3.63, 3.8) is 0 Å². The van der Waals surface area contributed by atoms with Crippen LogP contribution in [0.5, 0.6) is 5.75 Å². The molecule has 5 nitrogen and oxygen atoms in total. The van der Waals surface area contributed by atoms with Crippen molar-refractivity contribution in [1.82, 2.24) is 10.7 Å². The van der Waals surface area contributed by atoms with Crippen molar-refractivity contribution in [3.05, 3.63) is 53.7 Å². The first kappa shape index (κ1) is 15.0. The number of benzene rings is 1. The molecule has 110 valence electrons. The maximum absolute atomic E-state index is 13.1. The second-order valence-electron chi connectivity index (χ2n) is 4.23. The maximum atomic E-state index is 13.1. The van der Waals surface area contributed by atoms with E-state index in [0.717, 1.165) is 5.76 Å². The van der Waals surface area contributed by atoms with Gasteiger partial charge in [-0.05, 0) is 49.5 Å². The minimum atomic E-state index is -0.448. The molecule has 1 aromatic carbocycles. The molecular formula is C14H14FN3O2S. The number of furan rings is 1. The summed E-state index contributed by atoms with van der Waals surface area (Å²) in [6.07, 6.45) is 1.57. The lowest BCUT2D eigenvalue weighted by atomic mass is 10.1. The fraction of sp³-hybridized carbons (Fsp3) is 0.143. The molecule has 1 heterocycles. The zero-order valence-corrected chi connectivity index (χ0v) is 12.1. The number of phenolic OH excluding ortho intramolecular Hbond substituents is 1. The number of nitrogens with one attached hydrogen (secondary N) is 2. The van der Waals surface area contributed by atoms with E-state index in [4.69, 9.17) is 16.6 Å². The van der Waals surface area contributed by atoms with E-state index in [1.165, 1.54) is 18.2 Å². The Morgan fingerprint density at radius 1 is 1.43 bits per heavy atom. The van der Waals surface area contributed by atoms with Crippen LogP contribution in [0.3, 0.4) is 0 Å². The van der Waals surface area contributed by atoms with E-state index >= 15 is 0 Å². The number of hydrazone groups is 1. The lowest BCUT2D eigenvalue weighted by Gasteiger charge is -2.07. The number of nitrogens with zero attached hydrogens (tertiary/aromatic N) is 1. The quantitative estimate of drug-likeness (QED) is 0.460. The fourth-order valence-corrected chi connectivity index (χ4v) is 1.73. The number of thiocarbonyl (C=S) groups is 1. The zero-order chi connectivity index (χ0) is 15.2. The molecule has 3 N–H and O–H groups in total. The topological polar surface area (TPSA) is 69.8 Å². The van der Waals surface area contributed by atoms with Crippen molar-refractivity contribution >= 4 is 23.0 Å². The molecule has 0 saturated heterocycles. The van der Waals surface area contributed by atoms with E-state index < -0.39 is 5.82 Å². The molecule has 0 saturated carbocycles. The Hall–Kier alpha value is -2.41. The summed E-state index contributed by atoms with van der Waals surface area (Å²) in [5.41, 5.74) is 3.34. The van der Waals surface area contributed by atoms with Crippen molar-refractivity contribution < 1.29 is 13.9 Å². The van der Waals surface area contributed by atoms with Gasteiger partial charge in [0.25, 0.3) is 0 Å². The predicted molar refractivity (Wildman–Crippen MR) is 81.6 cm³/mol. The molecule has 2 rings (SSSR count). The van der Waals surface area contributed by atoms with Gasteiger partial charge >= 0.3 is 0 Å². The van der Waals surface area contributed by atoms with Gasteiger partial charge in [0, 0.05) is 5.56 Å². The van der Waals surface area contributed by atoms with Gasteiger partial charge in [-0.25, -0.2) is 4.39 Å². The van der Waals surface area contributed by atoms with E-state index in [1.54, 1.807) is 19.3 Å². The highest BCUT2D eigenvalue weighted by molar-refractivity contribution is 7.80. The third-order valence-electron chi connectivity index (χ3n) is 2.68. The summed E-state index contributed by atoms with van der Waals surface area (Å²) in [6, 6.07) is 7.25. The van der Waals surface area contributed by atoms with Crippen molar-refractivity contribution in [1.29, 1.82) is 0 Å². The summed E-state index contributed by atoms with van der Waals surface area (Å²) in [7, 11) is 0. The summed E-state index contributed by atoms with van der Waals surface area (Å²) in [6.45, 7) is 2.06. The number of halogens is 1. The molecule has 0 amide bonds.